The Hall–Kier alpha value is -3.88. The molecule has 0 unspecified atom stereocenters. The van der Waals surface area contributed by atoms with Crippen molar-refractivity contribution in [3.63, 3.8) is 0 Å². The number of nitrogen functional groups attached to an aromatic ring is 2. The van der Waals surface area contributed by atoms with Gasteiger partial charge in [-0.3, -0.25) is 8.37 Å². The summed E-state index contributed by atoms with van der Waals surface area (Å²) >= 11 is 2.96. The molecule has 0 radical (unpaired) electrons. The Morgan fingerprint density at radius 2 is 1.04 bits per heavy atom. The number of anilines is 2. The van der Waals surface area contributed by atoms with E-state index in [1.165, 1.54) is 46.9 Å². The predicted octanol–water partition coefficient (Wildman–Crippen LogP) is -2.48. The molecule has 0 spiro atoms. The quantitative estimate of drug-likeness (QED) is 0.0866. The highest BCUT2D eigenvalue weighted by Gasteiger charge is 2.25. The van der Waals surface area contributed by atoms with Gasteiger partial charge in [-0.05, 0) is 26.0 Å². The number of benzene rings is 2. The summed E-state index contributed by atoms with van der Waals surface area (Å²) in [5.74, 6) is 2.02. The maximum atomic E-state index is 13.5. The van der Waals surface area contributed by atoms with Crippen LogP contribution in [0.4, 0.5) is 11.6 Å². The van der Waals surface area contributed by atoms with Crippen LogP contribution < -0.4 is 45.4 Å². The first-order valence-electron chi connectivity index (χ1n) is 16.1. The number of thiazole rings is 2. The van der Waals surface area contributed by atoms with Crippen molar-refractivity contribution < 1.29 is 59.2 Å². The second-order valence-electron chi connectivity index (χ2n) is 12.0. The van der Waals surface area contributed by atoms with Crippen LogP contribution in [0.2, 0.25) is 0 Å². The molecule has 4 aromatic heterocycles. The summed E-state index contributed by atoms with van der Waals surface area (Å²) in [7, 11) is -8.51. The number of hydrogen-bond acceptors (Lipinski definition) is 14. The van der Waals surface area contributed by atoms with Gasteiger partial charge in [0.2, 0.25) is 11.0 Å². The molecule has 2 aromatic carbocycles. The third-order valence-electron chi connectivity index (χ3n) is 8.55. The molecule has 288 valence electrons. The van der Waals surface area contributed by atoms with Gasteiger partial charge in [0.05, 0.1) is 34.1 Å². The van der Waals surface area contributed by atoms with Crippen LogP contribution in [-0.4, -0.2) is 50.0 Å². The Kier molecular flexibility index (Phi) is 14.1. The molecule has 0 aliphatic carbocycles. The van der Waals surface area contributed by atoms with Crippen molar-refractivity contribution in [1.82, 2.24) is 19.9 Å². The van der Waals surface area contributed by atoms with E-state index in [1.807, 2.05) is 34.0 Å². The van der Waals surface area contributed by atoms with Crippen molar-refractivity contribution in [2.24, 2.45) is 0 Å². The van der Waals surface area contributed by atoms with Gasteiger partial charge in [-0.1, -0.05) is 46.9 Å². The number of fused-ring (bicyclic) bond motifs is 1. The van der Waals surface area contributed by atoms with Gasteiger partial charge in [-0.25, -0.2) is 19.9 Å². The van der Waals surface area contributed by atoms with Crippen LogP contribution in [0.15, 0.2) is 69.6 Å². The first-order valence-corrected chi connectivity index (χ1v) is 20.7. The van der Waals surface area contributed by atoms with E-state index >= 15 is 0 Å². The highest BCUT2D eigenvalue weighted by molar-refractivity contribution is 7.87. The molecule has 0 aliphatic rings. The van der Waals surface area contributed by atoms with Crippen LogP contribution >= 0.6 is 22.7 Å². The van der Waals surface area contributed by atoms with Gasteiger partial charge in [-0.15, -0.1) is 0 Å². The van der Waals surface area contributed by atoms with Gasteiger partial charge in [0, 0.05) is 49.9 Å². The normalized spacial score (nSPS) is 11.7. The minimum Gasteiger partial charge on any atom is -1.00 e. The lowest BCUT2D eigenvalue weighted by Gasteiger charge is -2.12. The lowest BCUT2D eigenvalue weighted by atomic mass is 10.1. The summed E-state index contributed by atoms with van der Waals surface area (Å²) in [5, 5.41) is 0.425. The zero-order valence-corrected chi connectivity index (χ0v) is 34.5. The van der Waals surface area contributed by atoms with Crippen LogP contribution in [-0.2, 0) is 54.5 Å². The van der Waals surface area contributed by atoms with Crippen molar-refractivity contribution in [2.45, 2.75) is 63.4 Å². The molecule has 0 amide bonds. The van der Waals surface area contributed by atoms with E-state index in [1.54, 1.807) is 38.4 Å². The first kappa shape index (κ1) is 42.9. The molecule has 0 saturated heterocycles. The zero-order valence-electron chi connectivity index (χ0n) is 29.7. The first-order chi connectivity index (χ1) is 24.7. The number of hydrogen-bond donors (Lipinski definition) is 2. The van der Waals surface area contributed by atoms with Crippen LogP contribution in [0.1, 0.15) is 43.9 Å². The topological polar surface area (TPSA) is 198 Å². The predicted molar refractivity (Wildman–Crippen MR) is 197 cm³/mol. The third-order valence-corrected chi connectivity index (χ3v) is 13.6. The molecule has 6 rings (SSSR count). The SMILES string of the molecule is Cc1ncc(C[n+]2csc(CCOS(=O)(=O)c3cccc4c(S(=O)(=O)OCCc5sc[n+](Cc6cnc(C)nc6N)c5C)cccc34)c2C)c(N)n1.[Cl-].[Cl-]. The zero-order chi connectivity index (χ0) is 37.2. The molecule has 0 bridgehead atoms. The maximum absolute atomic E-state index is 13.5. The number of nitrogens with two attached hydrogens (primary N) is 2. The fourth-order valence-electron chi connectivity index (χ4n) is 5.63. The van der Waals surface area contributed by atoms with E-state index in [2.05, 4.69) is 19.9 Å². The molecule has 0 saturated carbocycles. The van der Waals surface area contributed by atoms with Crippen LogP contribution in [0, 0.1) is 27.7 Å². The van der Waals surface area contributed by atoms with Crippen LogP contribution in [0.25, 0.3) is 10.8 Å². The van der Waals surface area contributed by atoms with E-state index in [-0.39, 0.29) is 58.6 Å². The Labute approximate surface area is 334 Å². The number of halogens is 2. The highest BCUT2D eigenvalue weighted by Crippen LogP contribution is 2.31. The molecule has 20 heteroatoms. The maximum Gasteiger partial charge on any atom is 0.297 e. The molecule has 54 heavy (non-hydrogen) atoms. The summed E-state index contributed by atoms with van der Waals surface area (Å²) in [4.78, 5) is 18.5. The van der Waals surface area contributed by atoms with Crippen molar-refractivity contribution in [3.8, 4) is 0 Å². The van der Waals surface area contributed by atoms with Gasteiger partial charge in [0.1, 0.15) is 33.1 Å². The van der Waals surface area contributed by atoms with Gasteiger partial charge in [-0.2, -0.15) is 26.0 Å². The van der Waals surface area contributed by atoms with E-state index in [9.17, 15) is 16.8 Å². The number of rotatable bonds is 14. The Morgan fingerprint density at radius 3 is 1.41 bits per heavy atom. The second kappa shape index (κ2) is 17.7. The molecular weight excluding hydrogens is 816 g/mol. The average molecular weight is 854 g/mol. The van der Waals surface area contributed by atoms with Gasteiger partial charge in [0.15, 0.2) is 24.5 Å². The lowest BCUT2D eigenvalue weighted by molar-refractivity contribution is -0.689. The minimum atomic E-state index is -4.25. The molecule has 4 N–H and O–H groups in total. The van der Waals surface area contributed by atoms with Crippen molar-refractivity contribution in [2.75, 3.05) is 24.7 Å². The van der Waals surface area contributed by atoms with E-state index in [4.69, 9.17) is 19.8 Å². The molecule has 0 atom stereocenters. The number of nitrogens with zero attached hydrogens (tertiary/aromatic N) is 6. The molecular formula is C34H38Cl2N8O6S4. The molecule has 14 nitrogen and oxygen atoms in total. The Bertz CT molecular complexity index is 2340. The molecule has 0 fully saturated rings. The minimum absolute atomic E-state index is 0. The summed E-state index contributed by atoms with van der Waals surface area (Å²) in [6, 6.07) is 8.89. The lowest BCUT2D eigenvalue weighted by Crippen LogP contribution is -3.00. The molecule has 0 aliphatic heterocycles. The summed E-state index contributed by atoms with van der Waals surface area (Å²) in [6.07, 6.45) is 4.09. The monoisotopic (exact) mass is 852 g/mol. The van der Waals surface area contributed by atoms with Crippen molar-refractivity contribution in [1.29, 1.82) is 0 Å². The second-order valence-corrected chi connectivity index (χ2v) is 17.1. The van der Waals surface area contributed by atoms with E-state index in [0.717, 1.165) is 32.3 Å². The molecule has 6 aromatic rings. The van der Waals surface area contributed by atoms with Crippen molar-refractivity contribution >= 4 is 65.3 Å². The standard InChI is InChI=1S/C34H38N8O6S4.2ClH/c1-21-29(49-19-41(21)17-25-15-37-23(3)39-33(25)35)11-13-47-51(43,44)31-9-5-8-28-27(31)7-6-10-32(28)52(45,46)48-14-12-30-22(2)42(20-50-30)18-26-16-38-24(4)40-34(26)36;;/h5-10,15-16,19-20H,11-14,17-18H2,1-4H3,(H2,35,37,39)(H2,36,38,40);2*1H/q+2;;/p-2. The Balaban J connectivity index is 0.00000325. The van der Waals surface area contributed by atoms with Crippen LogP contribution in [0.5, 0.6) is 0 Å². The van der Waals surface area contributed by atoms with Gasteiger partial charge >= 0.3 is 0 Å². The average Bonchev–Trinajstić information content (AvgIpc) is 3.62. The Morgan fingerprint density at radius 1 is 0.648 bits per heavy atom. The van der Waals surface area contributed by atoms with E-state index in [0.29, 0.717) is 49.2 Å². The summed E-state index contributed by atoms with van der Waals surface area (Å²) in [5.41, 5.74) is 19.5. The van der Waals surface area contributed by atoms with Gasteiger partial charge < -0.3 is 36.3 Å². The summed E-state index contributed by atoms with van der Waals surface area (Å²) in [6.45, 7) is 8.18. The molecule has 4 heterocycles. The van der Waals surface area contributed by atoms with E-state index < -0.39 is 20.2 Å². The van der Waals surface area contributed by atoms with Crippen molar-refractivity contribution in [3.05, 3.63) is 104 Å². The third kappa shape index (κ3) is 9.49. The fourth-order valence-corrected chi connectivity index (χ4v) is 9.83. The highest BCUT2D eigenvalue weighted by atomic mass is 35.5. The van der Waals surface area contributed by atoms with Crippen LogP contribution in [0.3, 0.4) is 0 Å². The largest absolute Gasteiger partial charge is 1.00 e. The number of aryl methyl sites for hydroxylation is 2. The fraction of sp³-hybridized carbons (Fsp3) is 0.294. The van der Waals surface area contributed by atoms with Gasteiger partial charge in [0.25, 0.3) is 20.2 Å². The smallest absolute Gasteiger partial charge is 0.297 e. The number of aromatic nitrogens is 6. The summed E-state index contributed by atoms with van der Waals surface area (Å²) < 4.78 is 68.8.